The molecule has 1 aromatic heterocycles. The lowest BCUT2D eigenvalue weighted by Crippen LogP contribution is -2.29. The number of aromatic nitrogens is 1. The number of para-hydroxylation sites is 1. The van der Waals surface area contributed by atoms with Crippen LogP contribution in [0.25, 0.3) is 10.9 Å². The molecule has 4 nitrogen and oxygen atoms in total. The lowest BCUT2D eigenvalue weighted by Gasteiger charge is -2.18. The number of nitrogen functional groups attached to an aromatic ring is 1. The van der Waals surface area contributed by atoms with Gasteiger partial charge in [-0.2, -0.15) is 0 Å². The maximum absolute atomic E-state index is 12.4. The van der Waals surface area contributed by atoms with Crippen molar-refractivity contribution in [3.05, 3.63) is 60.8 Å². The van der Waals surface area contributed by atoms with Crippen LogP contribution < -0.4 is 10.6 Å². The molecule has 0 saturated carbocycles. The van der Waals surface area contributed by atoms with Crippen LogP contribution >= 0.6 is 0 Å². The molecule has 2 aromatic carbocycles. The highest BCUT2D eigenvalue weighted by molar-refractivity contribution is 5.94. The molecule has 0 aliphatic rings. The fraction of sp³-hybridized carbons (Fsp3) is 0.118. The highest BCUT2D eigenvalue weighted by atomic mass is 16.2. The minimum absolute atomic E-state index is 0.0288. The standard InChI is InChI=1S/C17H17N3O/c1-19(15-8-6-14(18)7-9-15)17(21)12-20-11-10-13-4-2-3-5-16(13)20/h2-11H,12,18H2,1H3. The van der Waals surface area contributed by atoms with Crippen molar-refractivity contribution in [1.29, 1.82) is 0 Å². The van der Waals surface area contributed by atoms with Gasteiger partial charge in [0.2, 0.25) is 5.91 Å². The molecular weight excluding hydrogens is 262 g/mol. The molecule has 1 amide bonds. The number of anilines is 2. The number of nitrogens with two attached hydrogens (primary N) is 1. The number of fused-ring (bicyclic) bond motifs is 1. The molecule has 0 saturated heterocycles. The van der Waals surface area contributed by atoms with Crippen molar-refractivity contribution in [3.8, 4) is 0 Å². The molecule has 2 N–H and O–H groups in total. The van der Waals surface area contributed by atoms with Crippen molar-refractivity contribution in [2.24, 2.45) is 0 Å². The van der Waals surface area contributed by atoms with E-state index in [0.717, 1.165) is 16.6 Å². The first-order valence-electron chi connectivity index (χ1n) is 6.81. The van der Waals surface area contributed by atoms with Gasteiger partial charge >= 0.3 is 0 Å². The normalized spacial score (nSPS) is 10.7. The van der Waals surface area contributed by atoms with Crippen molar-refractivity contribution < 1.29 is 4.79 Å². The van der Waals surface area contributed by atoms with E-state index >= 15 is 0 Å². The van der Waals surface area contributed by atoms with Gasteiger partial charge in [0.25, 0.3) is 0 Å². The van der Waals surface area contributed by atoms with Crippen molar-refractivity contribution in [2.75, 3.05) is 17.7 Å². The summed E-state index contributed by atoms with van der Waals surface area (Å²) in [5.74, 6) is 0.0288. The SMILES string of the molecule is CN(C(=O)Cn1ccc2ccccc21)c1ccc(N)cc1. The Kier molecular flexibility index (Phi) is 3.36. The van der Waals surface area contributed by atoms with E-state index in [2.05, 4.69) is 0 Å². The molecule has 0 unspecified atom stereocenters. The number of carbonyl (C=O) groups is 1. The molecule has 0 bridgehead atoms. The summed E-state index contributed by atoms with van der Waals surface area (Å²) in [5.41, 5.74) is 8.26. The van der Waals surface area contributed by atoms with Gasteiger partial charge in [-0.3, -0.25) is 4.79 Å². The van der Waals surface area contributed by atoms with Gasteiger partial charge in [0.15, 0.2) is 0 Å². The first kappa shape index (κ1) is 13.2. The van der Waals surface area contributed by atoms with Gasteiger partial charge in [-0.25, -0.2) is 0 Å². The molecule has 1 heterocycles. The van der Waals surface area contributed by atoms with E-state index in [-0.39, 0.29) is 5.91 Å². The highest BCUT2D eigenvalue weighted by Gasteiger charge is 2.12. The van der Waals surface area contributed by atoms with Crippen molar-refractivity contribution >= 4 is 28.2 Å². The van der Waals surface area contributed by atoms with Gasteiger partial charge in [-0.05, 0) is 41.8 Å². The first-order chi connectivity index (χ1) is 10.1. The Morgan fingerprint density at radius 1 is 1.10 bits per heavy atom. The topological polar surface area (TPSA) is 51.3 Å². The minimum atomic E-state index is 0.0288. The van der Waals surface area contributed by atoms with Gasteiger partial charge < -0.3 is 15.2 Å². The van der Waals surface area contributed by atoms with E-state index in [4.69, 9.17) is 5.73 Å². The molecule has 0 fully saturated rings. The summed E-state index contributed by atoms with van der Waals surface area (Å²) in [6.45, 7) is 0.314. The van der Waals surface area contributed by atoms with Crippen LogP contribution in [0.5, 0.6) is 0 Å². The average Bonchev–Trinajstić information content (AvgIpc) is 2.91. The van der Waals surface area contributed by atoms with E-state index in [1.165, 1.54) is 0 Å². The summed E-state index contributed by atoms with van der Waals surface area (Å²) in [5, 5.41) is 1.14. The number of hydrogen-bond donors (Lipinski definition) is 1. The molecule has 0 aliphatic carbocycles. The quantitative estimate of drug-likeness (QED) is 0.749. The number of likely N-dealkylation sites (N-methyl/N-ethyl adjacent to an activating group) is 1. The zero-order valence-electron chi connectivity index (χ0n) is 11.9. The second-order valence-corrected chi connectivity index (χ2v) is 5.05. The van der Waals surface area contributed by atoms with E-state index in [9.17, 15) is 4.79 Å². The molecular formula is C17H17N3O. The van der Waals surface area contributed by atoms with Gasteiger partial charge in [0, 0.05) is 30.1 Å². The molecule has 4 heteroatoms. The lowest BCUT2D eigenvalue weighted by molar-refractivity contribution is -0.118. The molecule has 3 aromatic rings. The second kappa shape index (κ2) is 5.32. The van der Waals surface area contributed by atoms with Crippen LogP contribution in [0.3, 0.4) is 0 Å². The molecule has 0 radical (unpaired) electrons. The molecule has 0 spiro atoms. The van der Waals surface area contributed by atoms with Gasteiger partial charge in [-0.1, -0.05) is 18.2 Å². The van der Waals surface area contributed by atoms with Crippen molar-refractivity contribution in [1.82, 2.24) is 4.57 Å². The van der Waals surface area contributed by atoms with Crippen LogP contribution in [-0.2, 0) is 11.3 Å². The summed E-state index contributed by atoms with van der Waals surface area (Å²) in [6.07, 6.45) is 1.94. The Labute approximate surface area is 123 Å². The molecule has 106 valence electrons. The van der Waals surface area contributed by atoms with Gasteiger partial charge in [0.1, 0.15) is 6.54 Å². The third kappa shape index (κ3) is 2.60. The Morgan fingerprint density at radius 2 is 1.81 bits per heavy atom. The van der Waals surface area contributed by atoms with Gasteiger partial charge in [-0.15, -0.1) is 0 Å². The van der Waals surface area contributed by atoms with Crippen molar-refractivity contribution in [2.45, 2.75) is 6.54 Å². The Balaban J connectivity index is 1.81. The van der Waals surface area contributed by atoms with Crippen LogP contribution in [0.2, 0.25) is 0 Å². The zero-order valence-corrected chi connectivity index (χ0v) is 11.9. The smallest absolute Gasteiger partial charge is 0.246 e. The van der Waals surface area contributed by atoms with Crippen LogP contribution in [0.15, 0.2) is 60.8 Å². The van der Waals surface area contributed by atoms with Crippen LogP contribution in [0.1, 0.15) is 0 Å². The molecule has 0 atom stereocenters. The largest absolute Gasteiger partial charge is 0.399 e. The van der Waals surface area contributed by atoms with E-state index < -0.39 is 0 Å². The van der Waals surface area contributed by atoms with E-state index in [1.807, 2.05) is 53.2 Å². The monoisotopic (exact) mass is 279 g/mol. The number of rotatable bonds is 3. The lowest BCUT2D eigenvalue weighted by atomic mass is 10.2. The summed E-state index contributed by atoms with van der Waals surface area (Å²) >= 11 is 0. The predicted octanol–water partition coefficient (Wildman–Crippen LogP) is 2.89. The van der Waals surface area contributed by atoms with Crippen LogP contribution in [0.4, 0.5) is 11.4 Å². The van der Waals surface area contributed by atoms with Crippen molar-refractivity contribution in [3.63, 3.8) is 0 Å². The Bertz CT molecular complexity index is 774. The van der Waals surface area contributed by atoms with Crippen LogP contribution in [0, 0.1) is 0 Å². The maximum atomic E-state index is 12.4. The summed E-state index contributed by atoms with van der Waals surface area (Å²) in [4.78, 5) is 14.1. The maximum Gasteiger partial charge on any atom is 0.246 e. The average molecular weight is 279 g/mol. The summed E-state index contributed by atoms with van der Waals surface area (Å²) in [6, 6.07) is 17.3. The van der Waals surface area contributed by atoms with E-state index in [0.29, 0.717) is 12.2 Å². The van der Waals surface area contributed by atoms with Gasteiger partial charge in [0.05, 0.1) is 0 Å². The molecule has 21 heavy (non-hydrogen) atoms. The third-order valence-corrected chi connectivity index (χ3v) is 3.64. The second-order valence-electron chi connectivity index (χ2n) is 5.05. The number of amides is 1. The summed E-state index contributed by atoms with van der Waals surface area (Å²) in [7, 11) is 1.78. The Hall–Kier alpha value is -2.75. The minimum Gasteiger partial charge on any atom is -0.399 e. The number of benzene rings is 2. The number of carbonyl (C=O) groups excluding carboxylic acids is 1. The summed E-state index contributed by atoms with van der Waals surface area (Å²) < 4.78 is 1.96. The third-order valence-electron chi connectivity index (χ3n) is 3.64. The Morgan fingerprint density at radius 3 is 2.57 bits per heavy atom. The highest BCUT2D eigenvalue weighted by Crippen LogP contribution is 2.18. The number of hydrogen-bond acceptors (Lipinski definition) is 2. The fourth-order valence-electron chi connectivity index (χ4n) is 2.37. The fourth-order valence-corrected chi connectivity index (χ4v) is 2.37. The van der Waals surface area contributed by atoms with Crippen LogP contribution in [-0.4, -0.2) is 17.5 Å². The first-order valence-corrected chi connectivity index (χ1v) is 6.81. The van der Waals surface area contributed by atoms with E-state index in [1.54, 1.807) is 24.1 Å². The number of nitrogens with zero attached hydrogens (tertiary/aromatic N) is 2. The predicted molar refractivity (Wildman–Crippen MR) is 86.2 cm³/mol. The molecule has 3 rings (SSSR count). The zero-order chi connectivity index (χ0) is 14.8. The molecule has 0 aliphatic heterocycles.